The average molecular weight is 255 g/mol. The molecule has 0 unspecified atom stereocenters. The standard InChI is InChI=1S/C9H13N5O4/c15-8(11-13-1-3-18-4-2-13)6-14-5-7(9(16)17)10-12-14/h5H,1-4,6H2,(H,11,15)(H,16,17). The van der Waals surface area contributed by atoms with Crippen LogP contribution in [0.15, 0.2) is 6.20 Å². The molecule has 9 heteroatoms. The molecule has 2 rings (SSSR count). The largest absolute Gasteiger partial charge is 0.476 e. The second-order valence-corrected chi connectivity index (χ2v) is 3.74. The molecular formula is C9H13N5O4. The molecular weight excluding hydrogens is 242 g/mol. The molecule has 0 bridgehead atoms. The van der Waals surface area contributed by atoms with E-state index in [1.165, 1.54) is 10.9 Å². The smallest absolute Gasteiger partial charge is 0.358 e. The van der Waals surface area contributed by atoms with Crippen LogP contribution >= 0.6 is 0 Å². The summed E-state index contributed by atoms with van der Waals surface area (Å²) in [5.41, 5.74) is 2.50. The Morgan fingerprint density at radius 1 is 1.44 bits per heavy atom. The summed E-state index contributed by atoms with van der Waals surface area (Å²) in [6.45, 7) is 2.34. The molecule has 1 fully saturated rings. The third-order valence-electron chi connectivity index (χ3n) is 2.36. The Morgan fingerprint density at radius 3 is 2.78 bits per heavy atom. The van der Waals surface area contributed by atoms with Crippen molar-refractivity contribution in [3.05, 3.63) is 11.9 Å². The van der Waals surface area contributed by atoms with Crippen molar-refractivity contribution < 1.29 is 19.4 Å². The summed E-state index contributed by atoms with van der Waals surface area (Å²) < 4.78 is 6.32. The fraction of sp³-hybridized carbons (Fsp3) is 0.556. The second kappa shape index (κ2) is 5.56. The lowest BCUT2D eigenvalue weighted by molar-refractivity contribution is -0.128. The number of nitrogens with zero attached hydrogens (tertiary/aromatic N) is 4. The number of carboxylic acids is 1. The van der Waals surface area contributed by atoms with Gasteiger partial charge in [0.15, 0.2) is 5.69 Å². The van der Waals surface area contributed by atoms with Crippen LogP contribution in [0, 0.1) is 0 Å². The molecule has 0 aliphatic carbocycles. The van der Waals surface area contributed by atoms with Gasteiger partial charge < -0.3 is 9.84 Å². The Balaban J connectivity index is 1.84. The van der Waals surface area contributed by atoms with E-state index < -0.39 is 5.97 Å². The number of amides is 1. The van der Waals surface area contributed by atoms with Gasteiger partial charge in [-0.15, -0.1) is 5.10 Å². The van der Waals surface area contributed by atoms with E-state index >= 15 is 0 Å². The van der Waals surface area contributed by atoms with Crippen LogP contribution in [-0.4, -0.2) is 63.3 Å². The number of carbonyl (C=O) groups is 2. The van der Waals surface area contributed by atoms with Gasteiger partial charge in [-0.1, -0.05) is 5.21 Å². The lowest BCUT2D eigenvalue weighted by Gasteiger charge is -2.26. The normalized spacial score (nSPS) is 16.4. The van der Waals surface area contributed by atoms with E-state index in [0.29, 0.717) is 26.3 Å². The highest BCUT2D eigenvalue weighted by atomic mass is 16.5. The topological polar surface area (TPSA) is 110 Å². The monoisotopic (exact) mass is 255 g/mol. The predicted octanol–water partition coefficient (Wildman–Crippen LogP) is -1.66. The minimum atomic E-state index is -1.17. The predicted molar refractivity (Wildman–Crippen MR) is 57.5 cm³/mol. The van der Waals surface area contributed by atoms with Crippen LogP contribution in [0.1, 0.15) is 10.5 Å². The van der Waals surface area contributed by atoms with E-state index in [1.54, 1.807) is 5.01 Å². The minimum absolute atomic E-state index is 0.0718. The van der Waals surface area contributed by atoms with E-state index in [1.807, 2.05) is 0 Å². The fourth-order valence-electron chi connectivity index (χ4n) is 1.51. The average Bonchev–Trinajstić information content (AvgIpc) is 2.78. The van der Waals surface area contributed by atoms with E-state index in [4.69, 9.17) is 9.84 Å². The molecule has 0 spiro atoms. The summed E-state index contributed by atoms with van der Waals surface area (Å²) in [5, 5.41) is 17.4. The van der Waals surface area contributed by atoms with E-state index in [9.17, 15) is 9.59 Å². The lowest BCUT2D eigenvalue weighted by atomic mass is 10.5. The van der Waals surface area contributed by atoms with Gasteiger partial charge >= 0.3 is 5.97 Å². The van der Waals surface area contributed by atoms with Crippen LogP contribution in [0.3, 0.4) is 0 Å². The van der Waals surface area contributed by atoms with Crippen molar-refractivity contribution >= 4 is 11.9 Å². The number of nitrogens with one attached hydrogen (secondary N) is 1. The molecule has 1 amide bonds. The lowest BCUT2D eigenvalue weighted by Crippen LogP contribution is -2.49. The zero-order valence-electron chi connectivity index (χ0n) is 9.57. The van der Waals surface area contributed by atoms with E-state index in [-0.39, 0.29) is 18.1 Å². The molecule has 2 heterocycles. The van der Waals surface area contributed by atoms with Gasteiger partial charge in [-0.05, 0) is 0 Å². The SMILES string of the molecule is O=C(Cn1cc(C(=O)O)nn1)NN1CCOCC1. The first-order valence-electron chi connectivity index (χ1n) is 5.41. The van der Waals surface area contributed by atoms with Crippen LogP contribution < -0.4 is 5.43 Å². The number of aromatic carboxylic acids is 1. The highest BCUT2D eigenvalue weighted by molar-refractivity contribution is 5.84. The molecule has 0 radical (unpaired) electrons. The van der Waals surface area contributed by atoms with Crippen LogP contribution in [0.2, 0.25) is 0 Å². The zero-order valence-corrected chi connectivity index (χ0v) is 9.57. The molecule has 0 aromatic carbocycles. The molecule has 0 saturated carbocycles. The van der Waals surface area contributed by atoms with Gasteiger partial charge in [0, 0.05) is 13.1 Å². The Kier molecular flexibility index (Phi) is 3.85. The van der Waals surface area contributed by atoms with Gasteiger partial charge in [-0.25, -0.2) is 14.5 Å². The number of aromatic nitrogens is 3. The van der Waals surface area contributed by atoms with Gasteiger partial charge in [-0.3, -0.25) is 10.2 Å². The Hall–Kier alpha value is -2.00. The first-order chi connectivity index (χ1) is 8.65. The van der Waals surface area contributed by atoms with Crippen molar-refractivity contribution in [2.45, 2.75) is 6.54 Å². The number of hydrogen-bond donors (Lipinski definition) is 2. The maximum atomic E-state index is 11.6. The summed E-state index contributed by atoms with van der Waals surface area (Å²) in [6.07, 6.45) is 1.21. The van der Waals surface area contributed by atoms with E-state index in [2.05, 4.69) is 15.7 Å². The summed E-state index contributed by atoms with van der Waals surface area (Å²) in [5.74, 6) is -1.45. The van der Waals surface area contributed by atoms with Gasteiger partial charge in [0.25, 0.3) is 5.91 Å². The van der Waals surface area contributed by atoms with Crippen molar-refractivity contribution in [3.63, 3.8) is 0 Å². The Morgan fingerprint density at radius 2 is 2.17 bits per heavy atom. The van der Waals surface area contributed by atoms with Crippen molar-refractivity contribution in [2.75, 3.05) is 26.3 Å². The highest BCUT2D eigenvalue weighted by Gasteiger charge is 2.14. The molecule has 1 aromatic rings. The van der Waals surface area contributed by atoms with Crippen LogP contribution in [0.25, 0.3) is 0 Å². The molecule has 18 heavy (non-hydrogen) atoms. The molecule has 1 aliphatic rings. The molecule has 1 aliphatic heterocycles. The number of hydrogen-bond acceptors (Lipinski definition) is 6. The minimum Gasteiger partial charge on any atom is -0.476 e. The zero-order chi connectivity index (χ0) is 13.0. The molecule has 1 aromatic heterocycles. The highest BCUT2D eigenvalue weighted by Crippen LogP contribution is 1.95. The summed E-state index contributed by atoms with van der Waals surface area (Å²) in [7, 11) is 0. The van der Waals surface area contributed by atoms with Gasteiger partial charge in [0.05, 0.1) is 19.4 Å². The number of hydrazine groups is 1. The van der Waals surface area contributed by atoms with Crippen molar-refractivity contribution in [3.8, 4) is 0 Å². The van der Waals surface area contributed by atoms with Crippen LogP contribution in [-0.2, 0) is 16.1 Å². The number of ether oxygens (including phenoxy) is 1. The quantitative estimate of drug-likeness (QED) is 0.662. The Labute approximate surface area is 102 Å². The van der Waals surface area contributed by atoms with Gasteiger partial charge in [0.1, 0.15) is 6.54 Å². The van der Waals surface area contributed by atoms with Crippen molar-refractivity contribution in [2.24, 2.45) is 0 Å². The fourth-order valence-corrected chi connectivity index (χ4v) is 1.51. The van der Waals surface area contributed by atoms with Gasteiger partial charge in [-0.2, -0.15) is 0 Å². The van der Waals surface area contributed by atoms with Crippen molar-refractivity contribution in [1.82, 2.24) is 25.4 Å². The van der Waals surface area contributed by atoms with Gasteiger partial charge in [0.2, 0.25) is 0 Å². The summed E-state index contributed by atoms with van der Waals surface area (Å²) >= 11 is 0. The maximum Gasteiger partial charge on any atom is 0.358 e. The molecule has 98 valence electrons. The van der Waals surface area contributed by atoms with Crippen LogP contribution in [0.5, 0.6) is 0 Å². The van der Waals surface area contributed by atoms with Crippen molar-refractivity contribution in [1.29, 1.82) is 0 Å². The number of carbonyl (C=O) groups excluding carboxylic acids is 1. The first kappa shape index (κ1) is 12.5. The summed E-state index contributed by atoms with van der Waals surface area (Å²) in [4.78, 5) is 22.2. The van der Waals surface area contributed by atoms with E-state index in [0.717, 1.165) is 0 Å². The number of rotatable bonds is 4. The molecule has 2 N–H and O–H groups in total. The first-order valence-corrected chi connectivity index (χ1v) is 5.41. The maximum absolute atomic E-state index is 11.6. The molecule has 1 saturated heterocycles. The number of carboxylic acid groups (broad SMARTS) is 1. The van der Waals surface area contributed by atoms with Crippen LogP contribution in [0.4, 0.5) is 0 Å². The third-order valence-corrected chi connectivity index (χ3v) is 2.36. The summed E-state index contributed by atoms with van der Waals surface area (Å²) in [6, 6.07) is 0. The molecule has 9 nitrogen and oxygen atoms in total. The Bertz CT molecular complexity index is 440. The third kappa shape index (κ3) is 3.25. The number of morpholine rings is 1. The second-order valence-electron chi connectivity index (χ2n) is 3.74. The molecule has 0 atom stereocenters.